The third kappa shape index (κ3) is 4.36. The minimum atomic E-state index is -0.714. The molecule has 3 aliphatic heterocycles. The lowest BCUT2D eigenvalue weighted by atomic mass is 9.97. The highest BCUT2D eigenvalue weighted by atomic mass is 32.1. The Balaban J connectivity index is 1.17. The quantitative estimate of drug-likeness (QED) is 0.659. The Kier molecular flexibility index (Phi) is 6.44. The molecule has 3 aliphatic rings. The number of benzene rings is 1. The number of piperidine rings is 1. The van der Waals surface area contributed by atoms with E-state index in [4.69, 9.17) is 0 Å². The van der Waals surface area contributed by atoms with Crippen molar-refractivity contribution in [3.8, 4) is 0 Å². The van der Waals surface area contributed by atoms with Crippen LogP contribution in [0.15, 0.2) is 41.8 Å². The number of nitrogens with one attached hydrogen (secondary N) is 1. The zero-order valence-electron chi connectivity index (χ0n) is 19.7. The summed E-state index contributed by atoms with van der Waals surface area (Å²) >= 11 is 1.79. The van der Waals surface area contributed by atoms with Crippen molar-refractivity contribution in [3.05, 3.63) is 52.2 Å². The highest BCUT2D eigenvalue weighted by Gasteiger charge is 2.52. The molecule has 1 aromatic carbocycles. The number of amides is 3. The standard InChI is InChI=1S/C26H32N4O3S/c1-26-12-10-24(32)30(26)22-9-3-2-8-21(22)25(33)29(26)14-11-23(31)27-16-19-6-4-13-28(17-19)18-20-7-5-15-34-20/h2-3,5,7-9,15,19H,4,6,10-14,16-18H2,1H3,(H,27,31). The van der Waals surface area contributed by atoms with Crippen LogP contribution in [0.3, 0.4) is 0 Å². The number of thiophene rings is 1. The number of fused-ring (bicyclic) bond motifs is 3. The lowest BCUT2D eigenvalue weighted by molar-refractivity contribution is -0.121. The first kappa shape index (κ1) is 23.1. The predicted molar refractivity (Wildman–Crippen MR) is 133 cm³/mol. The first-order valence-corrected chi connectivity index (χ1v) is 13.1. The van der Waals surface area contributed by atoms with Gasteiger partial charge in [0.1, 0.15) is 5.66 Å². The predicted octanol–water partition coefficient (Wildman–Crippen LogP) is 3.47. The molecule has 180 valence electrons. The number of nitrogens with zero attached hydrogens (tertiary/aromatic N) is 3. The van der Waals surface area contributed by atoms with Crippen molar-refractivity contribution >= 4 is 34.7 Å². The monoisotopic (exact) mass is 480 g/mol. The molecular formula is C26H32N4O3S. The summed E-state index contributed by atoms with van der Waals surface area (Å²) in [6.45, 7) is 5.98. The van der Waals surface area contributed by atoms with Crippen LogP contribution >= 0.6 is 11.3 Å². The largest absolute Gasteiger partial charge is 0.356 e. The van der Waals surface area contributed by atoms with E-state index in [1.165, 1.54) is 4.88 Å². The fourth-order valence-electron chi connectivity index (χ4n) is 5.69. The molecule has 7 nitrogen and oxygen atoms in total. The van der Waals surface area contributed by atoms with Gasteiger partial charge in [-0.15, -0.1) is 11.3 Å². The fourth-order valence-corrected chi connectivity index (χ4v) is 6.43. The van der Waals surface area contributed by atoms with E-state index >= 15 is 0 Å². The number of hydrogen-bond acceptors (Lipinski definition) is 5. The minimum absolute atomic E-state index is 0.0290. The van der Waals surface area contributed by atoms with Crippen LogP contribution in [-0.4, -0.2) is 59.4 Å². The summed E-state index contributed by atoms with van der Waals surface area (Å²) in [5.74, 6) is 0.331. The Morgan fingerprint density at radius 1 is 1.21 bits per heavy atom. The van der Waals surface area contributed by atoms with Gasteiger partial charge in [0.25, 0.3) is 5.91 Å². The molecule has 0 radical (unpaired) electrons. The summed E-state index contributed by atoms with van der Waals surface area (Å²) in [4.78, 5) is 46.1. The van der Waals surface area contributed by atoms with Crippen molar-refractivity contribution in [2.45, 2.75) is 51.2 Å². The topological polar surface area (TPSA) is 73.0 Å². The molecule has 1 N–H and O–H groups in total. The fraction of sp³-hybridized carbons (Fsp3) is 0.500. The van der Waals surface area contributed by atoms with Gasteiger partial charge in [0.05, 0.1) is 11.3 Å². The third-order valence-corrected chi connectivity index (χ3v) is 8.32. The maximum absolute atomic E-state index is 13.3. The molecule has 0 bridgehead atoms. The van der Waals surface area contributed by atoms with Gasteiger partial charge in [-0.25, -0.2) is 0 Å². The second-order valence-corrected chi connectivity index (χ2v) is 10.8. The van der Waals surface area contributed by atoms with E-state index in [0.717, 1.165) is 32.5 Å². The second kappa shape index (κ2) is 9.50. The van der Waals surface area contributed by atoms with Crippen LogP contribution < -0.4 is 10.2 Å². The van der Waals surface area contributed by atoms with Crippen LogP contribution in [0.4, 0.5) is 5.69 Å². The molecule has 3 amide bonds. The van der Waals surface area contributed by atoms with E-state index < -0.39 is 5.66 Å². The van der Waals surface area contributed by atoms with Crippen molar-refractivity contribution in [3.63, 3.8) is 0 Å². The summed E-state index contributed by atoms with van der Waals surface area (Å²) in [5.41, 5.74) is 0.500. The Labute approximate surface area is 204 Å². The Morgan fingerprint density at radius 2 is 2.06 bits per heavy atom. The van der Waals surface area contributed by atoms with Gasteiger partial charge in [-0.3, -0.25) is 24.2 Å². The third-order valence-electron chi connectivity index (χ3n) is 7.46. The molecule has 2 aromatic rings. The zero-order valence-corrected chi connectivity index (χ0v) is 20.5. The van der Waals surface area contributed by atoms with Gasteiger partial charge in [0.15, 0.2) is 0 Å². The summed E-state index contributed by atoms with van der Waals surface area (Å²) in [6, 6.07) is 11.5. The SMILES string of the molecule is CC12CCC(=O)N1c1ccccc1C(=O)N2CCC(=O)NCC1CCCN(Cc2cccs2)C1. The molecule has 1 aromatic heterocycles. The van der Waals surface area contributed by atoms with Crippen LogP contribution in [0.1, 0.15) is 54.3 Å². The van der Waals surface area contributed by atoms with Crippen molar-refractivity contribution in [1.82, 2.24) is 15.1 Å². The number of anilines is 1. The molecule has 2 atom stereocenters. The van der Waals surface area contributed by atoms with Gasteiger partial charge < -0.3 is 10.2 Å². The molecule has 2 unspecified atom stereocenters. The van der Waals surface area contributed by atoms with Crippen LogP contribution in [0.2, 0.25) is 0 Å². The molecule has 5 rings (SSSR count). The normalized spacial score (nSPS) is 24.8. The first-order chi connectivity index (χ1) is 16.5. The van der Waals surface area contributed by atoms with E-state index in [9.17, 15) is 14.4 Å². The molecular weight excluding hydrogens is 448 g/mol. The van der Waals surface area contributed by atoms with Gasteiger partial charge in [-0.1, -0.05) is 18.2 Å². The first-order valence-electron chi connectivity index (χ1n) is 12.2. The maximum Gasteiger partial charge on any atom is 0.257 e. The number of carbonyl (C=O) groups excluding carboxylic acids is 3. The smallest absolute Gasteiger partial charge is 0.257 e. The lowest BCUT2D eigenvalue weighted by Gasteiger charge is -2.48. The van der Waals surface area contributed by atoms with E-state index in [-0.39, 0.29) is 24.1 Å². The van der Waals surface area contributed by atoms with Crippen molar-refractivity contribution in [2.24, 2.45) is 5.92 Å². The second-order valence-electron chi connectivity index (χ2n) is 9.80. The van der Waals surface area contributed by atoms with Gasteiger partial charge in [-0.05, 0) is 62.2 Å². The molecule has 8 heteroatoms. The number of rotatable bonds is 7. The summed E-state index contributed by atoms with van der Waals surface area (Å²) in [6.07, 6.45) is 3.49. The number of para-hydroxylation sites is 1. The zero-order chi connectivity index (χ0) is 23.7. The van der Waals surface area contributed by atoms with Crippen molar-refractivity contribution < 1.29 is 14.4 Å². The van der Waals surface area contributed by atoms with Crippen LogP contribution in [0.25, 0.3) is 0 Å². The summed E-state index contributed by atoms with van der Waals surface area (Å²) in [7, 11) is 0. The number of hydrogen-bond donors (Lipinski definition) is 1. The Morgan fingerprint density at radius 3 is 2.88 bits per heavy atom. The molecule has 0 spiro atoms. The Hall–Kier alpha value is -2.71. The average molecular weight is 481 g/mol. The van der Waals surface area contributed by atoms with E-state index in [2.05, 4.69) is 27.7 Å². The van der Waals surface area contributed by atoms with Crippen LogP contribution in [0, 0.1) is 5.92 Å². The van der Waals surface area contributed by atoms with Gasteiger partial charge in [-0.2, -0.15) is 0 Å². The summed E-state index contributed by atoms with van der Waals surface area (Å²) < 4.78 is 0. The average Bonchev–Trinajstić information content (AvgIpc) is 3.45. The van der Waals surface area contributed by atoms with Crippen molar-refractivity contribution in [1.29, 1.82) is 0 Å². The van der Waals surface area contributed by atoms with Crippen LogP contribution in [-0.2, 0) is 16.1 Å². The molecule has 0 saturated carbocycles. The molecule has 2 saturated heterocycles. The van der Waals surface area contributed by atoms with E-state index in [1.807, 2.05) is 25.1 Å². The molecule has 0 aliphatic carbocycles. The number of carbonyl (C=O) groups is 3. The minimum Gasteiger partial charge on any atom is -0.356 e. The highest BCUT2D eigenvalue weighted by molar-refractivity contribution is 7.09. The van der Waals surface area contributed by atoms with Crippen molar-refractivity contribution in [2.75, 3.05) is 31.1 Å². The van der Waals surface area contributed by atoms with Gasteiger partial charge in [0.2, 0.25) is 11.8 Å². The van der Waals surface area contributed by atoms with Crippen LogP contribution in [0.5, 0.6) is 0 Å². The van der Waals surface area contributed by atoms with Gasteiger partial charge in [0, 0.05) is 43.9 Å². The number of likely N-dealkylation sites (tertiary alicyclic amines) is 1. The highest BCUT2D eigenvalue weighted by Crippen LogP contribution is 2.43. The van der Waals surface area contributed by atoms with E-state index in [0.29, 0.717) is 43.1 Å². The lowest BCUT2D eigenvalue weighted by Crippen LogP contribution is -2.62. The molecule has 4 heterocycles. The molecule has 2 fully saturated rings. The Bertz CT molecular complexity index is 1070. The van der Waals surface area contributed by atoms with Gasteiger partial charge >= 0.3 is 0 Å². The molecule has 34 heavy (non-hydrogen) atoms. The van der Waals surface area contributed by atoms with E-state index in [1.54, 1.807) is 27.2 Å². The summed E-state index contributed by atoms with van der Waals surface area (Å²) in [5, 5.41) is 5.22. The maximum atomic E-state index is 13.3.